The lowest BCUT2D eigenvalue weighted by Gasteiger charge is -2.35. The molecule has 1 heterocycles. The predicted octanol–water partition coefficient (Wildman–Crippen LogP) is -0.0509. The number of ether oxygens (including phenoxy) is 1. The quantitative estimate of drug-likeness (QED) is 0.686. The van der Waals surface area contributed by atoms with E-state index in [-0.39, 0.29) is 11.9 Å². The Morgan fingerprint density at radius 3 is 2.71 bits per heavy atom. The normalized spacial score (nSPS) is 24.2. The molecule has 0 saturated carbocycles. The second kappa shape index (κ2) is 5.80. The van der Waals surface area contributed by atoms with Gasteiger partial charge in [0.15, 0.2) is 0 Å². The third-order valence-corrected chi connectivity index (χ3v) is 3.25. The Bertz CT molecular complexity index is 264. The summed E-state index contributed by atoms with van der Waals surface area (Å²) in [6, 6.07) is 0.614. The molecule has 0 bridgehead atoms. The molecular weight excluding hydrogens is 218 g/mol. The van der Waals surface area contributed by atoms with Crippen LogP contribution in [0.4, 0.5) is 0 Å². The smallest absolute Gasteiger partial charge is 0.238 e. The molecule has 0 aromatic heterocycles. The third kappa shape index (κ3) is 3.94. The van der Waals surface area contributed by atoms with Gasteiger partial charge in [0, 0.05) is 25.2 Å². The van der Waals surface area contributed by atoms with Crippen LogP contribution in [-0.2, 0) is 9.53 Å². The molecule has 0 aromatic rings. The molecule has 1 saturated heterocycles. The van der Waals surface area contributed by atoms with E-state index in [1.54, 1.807) is 0 Å². The van der Waals surface area contributed by atoms with Crippen LogP contribution in [0.15, 0.2) is 0 Å². The Morgan fingerprint density at radius 2 is 2.29 bits per heavy atom. The van der Waals surface area contributed by atoms with Gasteiger partial charge in [0.05, 0.1) is 6.61 Å². The van der Waals surface area contributed by atoms with E-state index in [4.69, 9.17) is 10.5 Å². The van der Waals surface area contributed by atoms with Crippen LogP contribution in [0.5, 0.6) is 0 Å². The van der Waals surface area contributed by atoms with Crippen molar-refractivity contribution < 1.29 is 9.53 Å². The molecule has 1 rings (SSSR count). The van der Waals surface area contributed by atoms with Crippen molar-refractivity contribution >= 4 is 5.91 Å². The predicted molar refractivity (Wildman–Crippen MR) is 67.7 cm³/mol. The highest BCUT2D eigenvalue weighted by Gasteiger charge is 2.35. The minimum absolute atomic E-state index is 0.223. The van der Waals surface area contributed by atoms with Crippen LogP contribution in [0.1, 0.15) is 27.2 Å². The minimum atomic E-state index is -0.689. The molecule has 5 nitrogen and oxygen atoms in total. The number of nitrogens with one attached hydrogen (secondary N) is 1. The van der Waals surface area contributed by atoms with E-state index in [0.717, 1.165) is 19.6 Å². The Hall–Kier alpha value is -0.650. The van der Waals surface area contributed by atoms with Crippen molar-refractivity contribution in [2.24, 2.45) is 5.73 Å². The average Bonchev–Trinajstić information content (AvgIpc) is 2.68. The van der Waals surface area contributed by atoms with Crippen molar-refractivity contribution in [1.82, 2.24) is 10.2 Å². The number of rotatable bonds is 6. The van der Waals surface area contributed by atoms with Gasteiger partial charge >= 0.3 is 0 Å². The number of nitrogens with two attached hydrogens (primary N) is 1. The molecule has 0 aromatic carbocycles. The lowest BCUT2D eigenvalue weighted by molar-refractivity contribution is -0.125. The average molecular weight is 243 g/mol. The molecule has 2 unspecified atom stereocenters. The van der Waals surface area contributed by atoms with Gasteiger partial charge in [-0.2, -0.15) is 0 Å². The standard InChI is InChI=1S/C12H25N3O2/c1-9(2)14-12(3,11(13)16)8-15(4)10-5-6-17-7-10/h9-10,14H,5-8H2,1-4H3,(H2,13,16). The molecule has 2 atom stereocenters. The molecule has 1 aliphatic heterocycles. The molecular formula is C12H25N3O2. The Kier molecular flexibility index (Phi) is 4.91. The fourth-order valence-corrected chi connectivity index (χ4v) is 2.33. The zero-order valence-corrected chi connectivity index (χ0v) is 11.3. The van der Waals surface area contributed by atoms with Gasteiger partial charge in [0.25, 0.3) is 0 Å². The van der Waals surface area contributed by atoms with E-state index in [9.17, 15) is 4.79 Å². The van der Waals surface area contributed by atoms with Crippen molar-refractivity contribution in [2.45, 2.75) is 44.8 Å². The van der Waals surface area contributed by atoms with E-state index in [1.807, 2.05) is 27.8 Å². The molecule has 1 aliphatic rings. The maximum Gasteiger partial charge on any atom is 0.238 e. The summed E-state index contributed by atoms with van der Waals surface area (Å²) >= 11 is 0. The third-order valence-electron chi connectivity index (χ3n) is 3.25. The summed E-state index contributed by atoms with van der Waals surface area (Å²) in [4.78, 5) is 13.8. The Labute approximate surface area is 104 Å². The first-order valence-electron chi connectivity index (χ1n) is 6.21. The summed E-state index contributed by atoms with van der Waals surface area (Å²) < 4.78 is 5.36. The topological polar surface area (TPSA) is 67.6 Å². The van der Waals surface area contributed by atoms with Crippen LogP contribution < -0.4 is 11.1 Å². The fourth-order valence-electron chi connectivity index (χ4n) is 2.33. The van der Waals surface area contributed by atoms with E-state index in [1.165, 1.54) is 0 Å². The zero-order valence-electron chi connectivity index (χ0n) is 11.3. The second-order valence-corrected chi connectivity index (χ2v) is 5.43. The second-order valence-electron chi connectivity index (χ2n) is 5.43. The molecule has 0 spiro atoms. The van der Waals surface area contributed by atoms with Crippen LogP contribution in [0.3, 0.4) is 0 Å². The van der Waals surface area contributed by atoms with E-state index in [2.05, 4.69) is 10.2 Å². The summed E-state index contributed by atoms with van der Waals surface area (Å²) in [5.74, 6) is -0.308. The number of carbonyl (C=O) groups is 1. The van der Waals surface area contributed by atoms with Gasteiger partial charge in [0.1, 0.15) is 5.54 Å². The van der Waals surface area contributed by atoms with Gasteiger partial charge in [0.2, 0.25) is 5.91 Å². The van der Waals surface area contributed by atoms with Crippen LogP contribution in [0, 0.1) is 0 Å². The highest BCUT2D eigenvalue weighted by Crippen LogP contribution is 2.15. The number of likely N-dealkylation sites (N-methyl/N-ethyl adjacent to an activating group) is 1. The zero-order chi connectivity index (χ0) is 13.1. The van der Waals surface area contributed by atoms with Crippen LogP contribution in [-0.4, -0.2) is 55.2 Å². The maximum absolute atomic E-state index is 11.6. The van der Waals surface area contributed by atoms with Gasteiger partial charge in [-0.3, -0.25) is 9.69 Å². The van der Waals surface area contributed by atoms with Gasteiger partial charge in [-0.15, -0.1) is 0 Å². The Morgan fingerprint density at radius 1 is 1.65 bits per heavy atom. The number of nitrogens with zero attached hydrogens (tertiary/aromatic N) is 1. The van der Waals surface area contributed by atoms with E-state index in [0.29, 0.717) is 12.6 Å². The SMILES string of the molecule is CC(C)NC(C)(CN(C)C1CCOC1)C(N)=O. The van der Waals surface area contributed by atoms with Crippen molar-refractivity contribution in [2.75, 3.05) is 26.8 Å². The lowest BCUT2D eigenvalue weighted by atomic mass is 9.98. The van der Waals surface area contributed by atoms with Crippen LogP contribution in [0.25, 0.3) is 0 Å². The van der Waals surface area contributed by atoms with Gasteiger partial charge < -0.3 is 15.8 Å². The monoisotopic (exact) mass is 243 g/mol. The van der Waals surface area contributed by atoms with Crippen molar-refractivity contribution in [3.05, 3.63) is 0 Å². The van der Waals surface area contributed by atoms with Crippen LogP contribution >= 0.6 is 0 Å². The molecule has 1 amide bonds. The summed E-state index contributed by atoms with van der Waals surface area (Å²) in [5, 5.41) is 3.25. The molecule has 0 aliphatic carbocycles. The van der Waals surface area contributed by atoms with Gasteiger partial charge in [-0.05, 0) is 34.2 Å². The van der Waals surface area contributed by atoms with E-state index >= 15 is 0 Å². The number of hydrogen-bond donors (Lipinski definition) is 2. The first kappa shape index (κ1) is 14.4. The largest absolute Gasteiger partial charge is 0.380 e. The number of amides is 1. The molecule has 5 heteroatoms. The molecule has 100 valence electrons. The maximum atomic E-state index is 11.6. The summed E-state index contributed by atoms with van der Waals surface area (Å²) in [5.41, 5.74) is 4.82. The first-order valence-corrected chi connectivity index (χ1v) is 6.21. The first-order chi connectivity index (χ1) is 7.85. The minimum Gasteiger partial charge on any atom is -0.380 e. The Balaban J connectivity index is 2.61. The molecule has 3 N–H and O–H groups in total. The molecule has 17 heavy (non-hydrogen) atoms. The van der Waals surface area contributed by atoms with Crippen molar-refractivity contribution in [1.29, 1.82) is 0 Å². The summed E-state index contributed by atoms with van der Waals surface area (Å²) in [6.45, 7) is 8.04. The highest BCUT2D eigenvalue weighted by molar-refractivity contribution is 5.84. The van der Waals surface area contributed by atoms with Crippen molar-refractivity contribution in [3.8, 4) is 0 Å². The number of primary amides is 1. The molecule has 1 fully saturated rings. The van der Waals surface area contributed by atoms with Crippen LogP contribution in [0.2, 0.25) is 0 Å². The number of carbonyl (C=O) groups excluding carboxylic acids is 1. The van der Waals surface area contributed by atoms with Crippen molar-refractivity contribution in [3.63, 3.8) is 0 Å². The van der Waals surface area contributed by atoms with E-state index < -0.39 is 5.54 Å². The number of hydrogen-bond acceptors (Lipinski definition) is 4. The highest BCUT2D eigenvalue weighted by atomic mass is 16.5. The van der Waals surface area contributed by atoms with Gasteiger partial charge in [-0.25, -0.2) is 0 Å². The lowest BCUT2D eigenvalue weighted by Crippen LogP contribution is -2.61. The summed E-state index contributed by atoms with van der Waals surface area (Å²) in [6.07, 6.45) is 1.02. The fraction of sp³-hybridized carbons (Fsp3) is 0.917. The summed E-state index contributed by atoms with van der Waals surface area (Å²) in [7, 11) is 2.02. The molecule has 0 radical (unpaired) electrons. The van der Waals surface area contributed by atoms with Gasteiger partial charge in [-0.1, -0.05) is 0 Å².